The number of aryl methyl sites for hydroxylation is 2. The summed E-state index contributed by atoms with van der Waals surface area (Å²) in [5.74, 6) is 2.19. The molecule has 0 unspecified atom stereocenters. The molecule has 1 saturated heterocycles. The maximum atomic E-state index is 12.8. The van der Waals surface area contributed by atoms with Crippen molar-refractivity contribution in [2.24, 2.45) is 0 Å². The van der Waals surface area contributed by atoms with E-state index < -0.39 is 0 Å². The van der Waals surface area contributed by atoms with Crippen LogP contribution in [0.4, 0.5) is 4.79 Å². The number of nitrogens with one attached hydrogen (secondary N) is 1. The summed E-state index contributed by atoms with van der Waals surface area (Å²) in [6.07, 6.45) is 1.35. The van der Waals surface area contributed by atoms with Gasteiger partial charge in [0.25, 0.3) is 5.91 Å². The highest BCUT2D eigenvalue weighted by atomic mass is 16.5. The van der Waals surface area contributed by atoms with Crippen molar-refractivity contribution in [1.29, 1.82) is 0 Å². The van der Waals surface area contributed by atoms with Gasteiger partial charge in [-0.1, -0.05) is 25.1 Å². The molecule has 31 heavy (non-hydrogen) atoms. The fourth-order valence-corrected chi connectivity index (χ4v) is 3.40. The molecular weight excluding hydrogens is 398 g/mol. The van der Waals surface area contributed by atoms with E-state index in [1.807, 2.05) is 32.9 Å². The lowest BCUT2D eigenvalue weighted by molar-refractivity contribution is 0.0664. The molecule has 0 aliphatic carbocycles. The van der Waals surface area contributed by atoms with Gasteiger partial charge in [0.15, 0.2) is 5.82 Å². The molecule has 168 valence electrons. The van der Waals surface area contributed by atoms with E-state index in [-0.39, 0.29) is 17.9 Å². The molecule has 1 aliphatic heterocycles. The Morgan fingerprint density at radius 2 is 1.90 bits per heavy atom. The first-order valence-electron chi connectivity index (χ1n) is 10.7. The van der Waals surface area contributed by atoms with Crippen molar-refractivity contribution in [3.05, 3.63) is 41.0 Å². The monoisotopic (exact) mass is 429 g/mol. The molecule has 0 saturated carbocycles. The maximum absolute atomic E-state index is 12.8. The number of urea groups is 1. The molecule has 1 fully saturated rings. The first-order valence-corrected chi connectivity index (χ1v) is 10.7. The number of carbonyl (C=O) groups excluding carboxylic acids is 2. The number of nitrogens with zero attached hydrogens (tertiary/aromatic N) is 4. The minimum absolute atomic E-state index is 0.0429. The summed E-state index contributed by atoms with van der Waals surface area (Å²) in [7, 11) is 1.60. The van der Waals surface area contributed by atoms with Crippen LogP contribution in [0.5, 0.6) is 5.75 Å². The number of ether oxygens (including phenoxy) is 1. The maximum Gasteiger partial charge on any atom is 0.317 e. The number of rotatable bonds is 7. The zero-order valence-electron chi connectivity index (χ0n) is 18.7. The zero-order chi connectivity index (χ0) is 22.4. The first-order chi connectivity index (χ1) is 14.9. The van der Waals surface area contributed by atoms with E-state index in [2.05, 4.69) is 15.5 Å². The Balaban J connectivity index is 1.40. The molecule has 3 rings (SSSR count). The fraction of sp³-hybridized carbons (Fsp3) is 0.545. The average molecular weight is 430 g/mol. The normalized spacial score (nSPS) is 14.1. The highest BCUT2D eigenvalue weighted by Crippen LogP contribution is 2.20. The van der Waals surface area contributed by atoms with Crippen LogP contribution in [0.2, 0.25) is 0 Å². The summed E-state index contributed by atoms with van der Waals surface area (Å²) in [6.45, 7) is 8.50. The third kappa shape index (κ3) is 5.74. The van der Waals surface area contributed by atoms with Crippen LogP contribution in [0.1, 0.15) is 53.8 Å². The number of amides is 3. The Hall–Kier alpha value is -3.10. The van der Waals surface area contributed by atoms with Crippen LogP contribution in [0.3, 0.4) is 0 Å². The topological polar surface area (TPSA) is 101 Å². The van der Waals surface area contributed by atoms with E-state index in [9.17, 15) is 9.59 Å². The summed E-state index contributed by atoms with van der Waals surface area (Å²) >= 11 is 0. The second-order valence-electron chi connectivity index (χ2n) is 8.00. The van der Waals surface area contributed by atoms with Crippen molar-refractivity contribution in [2.45, 2.75) is 39.5 Å². The molecule has 9 heteroatoms. The fourth-order valence-electron chi connectivity index (χ4n) is 3.40. The van der Waals surface area contributed by atoms with Crippen LogP contribution in [0.25, 0.3) is 0 Å². The second-order valence-corrected chi connectivity index (χ2v) is 8.00. The molecule has 0 atom stereocenters. The van der Waals surface area contributed by atoms with Gasteiger partial charge in [-0.05, 0) is 31.0 Å². The minimum Gasteiger partial charge on any atom is -0.496 e. The number of aromatic nitrogens is 2. The van der Waals surface area contributed by atoms with Crippen LogP contribution < -0.4 is 10.1 Å². The Morgan fingerprint density at radius 3 is 2.55 bits per heavy atom. The number of benzene rings is 1. The molecule has 0 spiro atoms. The van der Waals surface area contributed by atoms with Gasteiger partial charge >= 0.3 is 6.03 Å². The van der Waals surface area contributed by atoms with Gasteiger partial charge < -0.3 is 24.4 Å². The number of hydrogen-bond donors (Lipinski definition) is 1. The molecule has 1 aromatic heterocycles. The number of carbonyl (C=O) groups is 2. The highest BCUT2D eigenvalue weighted by Gasteiger charge is 2.25. The summed E-state index contributed by atoms with van der Waals surface area (Å²) < 4.78 is 10.5. The van der Waals surface area contributed by atoms with E-state index >= 15 is 0 Å². The predicted molar refractivity (Wildman–Crippen MR) is 115 cm³/mol. The van der Waals surface area contributed by atoms with E-state index in [4.69, 9.17) is 9.26 Å². The number of hydrogen-bond acceptors (Lipinski definition) is 6. The molecule has 3 amide bonds. The largest absolute Gasteiger partial charge is 0.496 e. The van der Waals surface area contributed by atoms with Gasteiger partial charge in [0.05, 0.1) is 7.11 Å². The molecule has 1 aromatic carbocycles. The summed E-state index contributed by atoms with van der Waals surface area (Å²) in [4.78, 5) is 33.0. The quantitative estimate of drug-likeness (QED) is 0.679. The number of piperazine rings is 1. The molecule has 1 aliphatic rings. The van der Waals surface area contributed by atoms with Crippen LogP contribution in [-0.2, 0) is 6.42 Å². The van der Waals surface area contributed by atoms with Gasteiger partial charge in [0.1, 0.15) is 5.75 Å². The van der Waals surface area contributed by atoms with E-state index in [1.165, 1.54) is 0 Å². The summed E-state index contributed by atoms with van der Waals surface area (Å²) in [5.41, 5.74) is 1.59. The van der Waals surface area contributed by atoms with Crippen LogP contribution in [-0.4, -0.2) is 71.7 Å². The number of methoxy groups -OCH3 is 1. The second kappa shape index (κ2) is 10.3. The van der Waals surface area contributed by atoms with Crippen molar-refractivity contribution in [3.63, 3.8) is 0 Å². The van der Waals surface area contributed by atoms with Crippen LogP contribution in [0.15, 0.2) is 22.7 Å². The van der Waals surface area contributed by atoms with Gasteiger partial charge in [-0.15, -0.1) is 0 Å². The van der Waals surface area contributed by atoms with Gasteiger partial charge in [0.2, 0.25) is 5.89 Å². The van der Waals surface area contributed by atoms with Crippen molar-refractivity contribution >= 4 is 11.9 Å². The standard InChI is InChI=1S/C22H31N5O4/c1-15(2)20-24-19(31-25-20)6-5-9-23-22(29)27-12-10-26(11-13-27)21(28)17-8-7-16(3)18(14-17)30-4/h7-8,14-15H,5-6,9-13H2,1-4H3,(H,23,29). The lowest BCUT2D eigenvalue weighted by Gasteiger charge is -2.34. The first kappa shape index (κ1) is 22.6. The highest BCUT2D eigenvalue weighted by molar-refractivity contribution is 5.95. The van der Waals surface area contributed by atoms with Gasteiger partial charge in [-0.3, -0.25) is 4.79 Å². The molecule has 2 heterocycles. The molecule has 9 nitrogen and oxygen atoms in total. The summed E-state index contributed by atoms with van der Waals surface area (Å²) in [6, 6.07) is 5.35. The Kier molecular flexibility index (Phi) is 7.49. The average Bonchev–Trinajstić information content (AvgIpc) is 3.26. The SMILES string of the molecule is COc1cc(C(=O)N2CCN(C(=O)NCCCc3nc(C(C)C)no3)CC2)ccc1C. The lowest BCUT2D eigenvalue weighted by Crippen LogP contribution is -2.53. The van der Waals surface area contributed by atoms with Crippen molar-refractivity contribution in [1.82, 2.24) is 25.3 Å². The van der Waals surface area contributed by atoms with E-state index in [1.54, 1.807) is 23.0 Å². The summed E-state index contributed by atoms with van der Waals surface area (Å²) in [5, 5.41) is 6.87. The molecule has 2 aromatic rings. The van der Waals surface area contributed by atoms with Gasteiger partial charge in [-0.25, -0.2) is 4.79 Å². The molecule has 0 radical (unpaired) electrons. The van der Waals surface area contributed by atoms with Gasteiger partial charge in [-0.2, -0.15) is 4.98 Å². The lowest BCUT2D eigenvalue weighted by atomic mass is 10.1. The van der Waals surface area contributed by atoms with E-state index in [0.29, 0.717) is 62.2 Å². The minimum atomic E-state index is -0.113. The predicted octanol–water partition coefficient (Wildman–Crippen LogP) is 2.61. The van der Waals surface area contributed by atoms with Crippen molar-refractivity contribution < 1.29 is 18.8 Å². The zero-order valence-corrected chi connectivity index (χ0v) is 18.7. The van der Waals surface area contributed by atoms with Gasteiger partial charge in [0, 0.05) is 50.6 Å². The third-order valence-electron chi connectivity index (χ3n) is 5.35. The van der Waals surface area contributed by atoms with Crippen LogP contribution in [0, 0.1) is 6.92 Å². The van der Waals surface area contributed by atoms with E-state index in [0.717, 1.165) is 12.0 Å². The van der Waals surface area contributed by atoms with Crippen molar-refractivity contribution in [2.75, 3.05) is 39.8 Å². The Morgan fingerprint density at radius 1 is 1.19 bits per heavy atom. The third-order valence-corrected chi connectivity index (χ3v) is 5.35. The Labute approximate surface area is 182 Å². The van der Waals surface area contributed by atoms with Crippen LogP contribution >= 0.6 is 0 Å². The Bertz CT molecular complexity index is 903. The van der Waals surface area contributed by atoms with Crippen molar-refractivity contribution in [3.8, 4) is 5.75 Å². The molecule has 0 bridgehead atoms. The molecular formula is C22H31N5O4. The molecule has 1 N–H and O–H groups in total. The smallest absolute Gasteiger partial charge is 0.317 e.